The number of esters is 1. The van der Waals surface area contributed by atoms with Crippen molar-refractivity contribution in [3.05, 3.63) is 60.8 Å². The Balaban J connectivity index is 2.49. The molecule has 1 fully saturated rings. The van der Waals surface area contributed by atoms with Crippen LogP contribution in [-0.4, -0.2) is 99.6 Å². The molecule has 556 valence electrons. The van der Waals surface area contributed by atoms with Crippen molar-refractivity contribution in [3.63, 3.8) is 0 Å². The van der Waals surface area contributed by atoms with E-state index in [9.17, 15) is 35.1 Å². The Kier molecular flexibility index (Phi) is 67.7. The quantitative estimate of drug-likeness (QED) is 0.0195. The molecule has 0 saturated carbocycles. The topological polar surface area (TPSA) is 175 Å². The molecule has 0 spiro atoms. The van der Waals surface area contributed by atoms with Crippen LogP contribution in [0, 0.1) is 0 Å². The predicted molar refractivity (Wildman–Crippen MR) is 403 cm³/mol. The Morgan fingerprint density at radius 1 is 0.411 bits per heavy atom. The SMILES string of the molecule is CCCCC/C=C\C/C=C\C/C=C\C/C=C\CCCCCCCCCCCCCC(=O)OC1C(OCC(NC(=O)C(O)CCCCCCCCCCCCCCCCCCCCCCCCCCCC)C(O)/C=C/CCCCCCCCCCCCC)OC(CO)C(O)C1O. The number of unbranched alkanes of at least 4 members (excludes halogenated alkanes) is 50. The van der Waals surface area contributed by atoms with Gasteiger partial charge in [0.1, 0.15) is 24.4 Å². The second-order valence-electron chi connectivity index (χ2n) is 28.5. The normalized spacial score (nSPS) is 18.0. The summed E-state index contributed by atoms with van der Waals surface area (Å²) >= 11 is 0. The van der Waals surface area contributed by atoms with Crippen molar-refractivity contribution in [2.75, 3.05) is 13.2 Å². The minimum Gasteiger partial charge on any atom is -0.454 e. The Morgan fingerprint density at radius 3 is 1.11 bits per heavy atom. The van der Waals surface area contributed by atoms with Gasteiger partial charge < -0.3 is 45.1 Å². The molecule has 6 N–H and O–H groups in total. The van der Waals surface area contributed by atoms with Gasteiger partial charge in [-0.2, -0.15) is 0 Å². The molecule has 8 unspecified atom stereocenters. The molecule has 0 aliphatic carbocycles. The number of aliphatic hydroxyl groups is 5. The third-order valence-electron chi connectivity index (χ3n) is 19.4. The van der Waals surface area contributed by atoms with Gasteiger partial charge in [0.15, 0.2) is 12.4 Å². The number of ether oxygens (including phenoxy) is 3. The maximum atomic E-state index is 13.6. The third kappa shape index (κ3) is 57.8. The van der Waals surface area contributed by atoms with Crippen LogP contribution in [0.2, 0.25) is 0 Å². The lowest BCUT2D eigenvalue weighted by atomic mass is 9.99. The van der Waals surface area contributed by atoms with E-state index in [0.717, 1.165) is 83.5 Å². The number of hydrogen-bond acceptors (Lipinski definition) is 10. The summed E-state index contributed by atoms with van der Waals surface area (Å²) < 4.78 is 17.8. The molecule has 1 heterocycles. The maximum Gasteiger partial charge on any atom is 0.306 e. The average Bonchev–Trinajstić information content (AvgIpc) is 0.823. The fraction of sp³-hybridized carbons (Fsp3) is 0.857. The summed E-state index contributed by atoms with van der Waals surface area (Å²) in [6.45, 7) is 5.84. The Hall–Kier alpha value is -2.64. The largest absolute Gasteiger partial charge is 0.454 e. The number of allylic oxidation sites excluding steroid dienone is 9. The molecule has 1 aliphatic rings. The zero-order chi connectivity index (χ0) is 68.8. The second kappa shape index (κ2) is 71.2. The number of carbonyl (C=O) groups excluding carboxylic acids is 2. The molecule has 1 aliphatic heterocycles. The highest BCUT2D eigenvalue weighted by Gasteiger charge is 2.47. The number of aliphatic hydroxyl groups excluding tert-OH is 5. The molecule has 11 heteroatoms. The van der Waals surface area contributed by atoms with E-state index < -0.39 is 67.4 Å². The van der Waals surface area contributed by atoms with Gasteiger partial charge in [0, 0.05) is 6.42 Å². The van der Waals surface area contributed by atoms with E-state index in [0.29, 0.717) is 19.3 Å². The van der Waals surface area contributed by atoms with Crippen molar-refractivity contribution in [3.8, 4) is 0 Å². The van der Waals surface area contributed by atoms with E-state index in [1.807, 2.05) is 6.08 Å². The van der Waals surface area contributed by atoms with Crippen LogP contribution in [0.25, 0.3) is 0 Å². The van der Waals surface area contributed by atoms with Gasteiger partial charge in [-0.25, -0.2) is 0 Å². The zero-order valence-corrected chi connectivity index (χ0v) is 62.3. The van der Waals surface area contributed by atoms with Crippen LogP contribution in [0.15, 0.2) is 60.8 Å². The van der Waals surface area contributed by atoms with Crippen LogP contribution in [0.1, 0.15) is 400 Å². The van der Waals surface area contributed by atoms with Gasteiger partial charge in [-0.1, -0.05) is 383 Å². The minimum absolute atomic E-state index is 0.120. The van der Waals surface area contributed by atoms with E-state index in [1.54, 1.807) is 6.08 Å². The lowest BCUT2D eigenvalue weighted by Gasteiger charge is -2.41. The molecule has 1 rings (SSSR count). The van der Waals surface area contributed by atoms with Crippen molar-refractivity contribution in [2.45, 2.75) is 449 Å². The first kappa shape index (κ1) is 90.4. The van der Waals surface area contributed by atoms with Crippen LogP contribution >= 0.6 is 0 Å². The van der Waals surface area contributed by atoms with Gasteiger partial charge in [0.2, 0.25) is 5.91 Å². The first-order chi connectivity index (χ1) is 46.7. The molecule has 95 heavy (non-hydrogen) atoms. The minimum atomic E-state index is -1.62. The highest BCUT2D eigenvalue weighted by molar-refractivity contribution is 5.80. The molecular weight excluding hydrogens is 1180 g/mol. The van der Waals surface area contributed by atoms with E-state index in [4.69, 9.17) is 14.2 Å². The monoisotopic (exact) mass is 1340 g/mol. The number of hydrogen-bond donors (Lipinski definition) is 6. The molecule has 0 aromatic rings. The van der Waals surface area contributed by atoms with Crippen LogP contribution in [0.3, 0.4) is 0 Å². The summed E-state index contributed by atoms with van der Waals surface area (Å²) in [7, 11) is 0. The fourth-order valence-electron chi connectivity index (χ4n) is 13.0. The highest BCUT2D eigenvalue weighted by atomic mass is 16.7. The molecule has 0 aromatic carbocycles. The van der Waals surface area contributed by atoms with E-state index in [-0.39, 0.29) is 13.0 Å². The fourth-order valence-corrected chi connectivity index (χ4v) is 13.0. The summed E-state index contributed by atoms with van der Waals surface area (Å²) in [5, 5.41) is 57.5. The predicted octanol–water partition coefficient (Wildman–Crippen LogP) is 22.4. The van der Waals surface area contributed by atoms with Crippen molar-refractivity contribution >= 4 is 11.9 Å². The van der Waals surface area contributed by atoms with Crippen molar-refractivity contribution in [2.24, 2.45) is 0 Å². The molecule has 8 atom stereocenters. The van der Waals surface area contributed by atoms with Gasteiger partial charge >= 0.3 is 5.97 Å². The molecule has 1 amide bonds. The summed E-state index contributed by atoms with van der Waals surface area (Å²) in [5.41, 5.74) is 0. The van der Waals surface area contributed by atoms with E-state index in [2.05, 4.69) is 74.7 Å². The van der Waals surface area contributed by atoms with Crippen LogP contribution < -0.4 is 5.32 Å². The Labute approximate surface area is 586 Å². The van der Waals surface area contributed by atoms with Gasteiger partial charge in [-0.05, 0) is 70.6 Å². The number of carbonyl (C=O) groups is 2. The molecule has 11 nitrogen and oxygen atoms in total. The van der Waals surface area contributed by atoms with Gasteiger partial charge in [0.05, 0.1) is 25.4 Å². The second-order valence-corrected chi connectivity index (χ2v) is 28.5. The summed E-state index contributed by atoms with van der Waals surface area (Å²) in [6, 6.07) is -1.03. The highest BCUT2D eigenvalue weighted by Crippen LogP contribution is 2.27. The number of amides is 1. The van der Waals surface area contributed by atoms with E-state index >= 15 is 0 Å². The van der Waals surface area contributed by atoms with Crippen molar-refractivity contribution in [1.29, 1.82) is 0 Å². The third-order valence-corrected chi connectivity index (χ3v) is 19.4. The molecule has 0 radical (unpaired) electrons. The lowest BCUT2D eigenvalue weighted by Crippen LogP contribution is -2.61. The molecule has 0 bridgehead atoms. The maximum absolute atomic E-state index is 13.6. The van der Waals surface area contributed by atoms with Crippen LogP contribution in [-0.2, 0) is 23.8 Å². The van der Waals surface area contributed by atoms with Crippen molar-refractivity contribution in [1.82, 2.24) is 5.32 Å². The smallest absolute Gasteiger partial charge is 0.306 e. The molecular formula is C84H155NO10. The lowest BCUT2D eigenvalue weighted by molar-refractivity contribution is -0.305. The molecule has 0 aromatic heterocycles. The van der Waals surface area contributed by atoms with Gasteiger partial charge in [-0.3, -0.25) is 9.59 Å². The van der Waals surface area contributed by atoms with Gasteiger partial charge in [0.25, 0.3) is 0 Å². The van der Waals surface area contributed by atoms with Crippen molar-refractivity contribution < 1.29 is 49.3 Å². The number of rotatable bonds is 72. The standard InChI is InChI=1S/C84H155NO10/c1-4-7-10-13-16-19-22-25-27-29-31-33-35-37-39-41-43-45-47-49-51-54-57-60-63-66-69-72-79(89)95-82-81(91)80(90)78(73-86)94-84(82)93-74-75(76(87)70-67-64-61-58-55-52-24-21-18-15-12-9-6-3)85-83(92)77(88)71-68-65-62-59-56-53-50-48-46-44-42-40-38-36-34-32-30-28-26-23-20-17-14-11-8-5-2/h16,19,25,27,31,33,37,39,67,70,75-78,80-82,84,86-88,90-91H,4-15,17-18,20-24,26,28-30,32,34-36,38,40-66,68-69,71-74H2,1-3H3,(H,85,92)/b19-16-,27-25-,33-31-,39-37-,70-67+. The number of nitrogens with one attached hydrogen (secondary N) is 1. The zero-order valence-electron chi connectivity index (χ0n) is 62.3. The van der Waals surface area contributed by atoms with Gasteiger partial charge in [-0.15, -0.1) is 0 Å². The first-order valence-electron chi connectivity index (χ1n) is 41.1. The van der Waals surface area contributed by atoms with E-state index in [1.165, 1.54) is 270 Å². The average molecular weight is 1340 g/mol. The summed E-state index contributed by atoms with van der Waals surface area (Å²) in [5.74, 6) is -1.18. The van der Waals surface area contributed by atoms with Crippen LogP contribution in [0.5, 0.6) is 0 Å². The summed E-state index contributed by atoms with van der Waals surface area (Å²) in [4.78, 5) is 26.8. The molecule has 1 saturated heterocycles. The summed E-state index contributed by atoms with van der Waals surface area (Å²) in [6.07, 6.45) is 82.8. The van der Waals surface area contributed by atoms with Crippen LogP contribution in [0.4, 0.5) is 0 Å². The Bertz CT molecular complexity index is 1780. The Morgan fingerprint density at radius 2 is 0.726 bits per heavy atom. The first-order valence-corrected chi connectivity index (χ1v) is 41.1.